The molecule has 0 fully saturated rings. The van der Waals surface area contributed by atoms with Gasteiger partial charge in [0.1, 0.15) is 5.82 Å². The molecule has 82 valence electrons. The van der Waals surface area contributed by atoms with Gasteiger partial charge >= 0.3 is 5.97 Å². The Morgan fingerprint density at radius 3 is 2.88 bits per heavy atom. The van der Waals surface area contributed by atoms with Crippen molar-refractivity contribution in [2.75, 3.05) is 0 Å². The Balaban J connectivity index is 2.60. The summed E-state index contributed by atoms with van der Waals surface area (Å²) in [5.41, 5.74) is 1.85. The van der Waals surface area contributed by atoms with Crippen molar-refractivity contribution in [2.24, 2.45) is 0 Å². The maximum absolute atomic E-state index is 13.0. The molecule has 0 aliphatic heterocycles. The van der Waals surface area contributed by atoms with Crippen LogP contribution >= 0.6 is 0 Å². The number of rotatable bonds is 2. The second kappa shape index (κ2) is 3.89. The lowest BCUT2D eigenvalue weighted by Crippen LogP contribution is -2.03. The van der Waals surface area contributed by atoms with Crippen molar-refractivity contribution in [3.8, 4) is 0 Å². The van der Waals surface area contributed by atoms with E-state index in [0.717, 1.165) is 10.9 Å². The van der Waals surface area contributed by atoms with E-state index in [1.54, 1.807) is 12.1 Å². The average molecular weight is 219 g/mol. The first-order valence-electron chi connectivity index (χ1n) is 4.84. The first-order chi connectivity index (χ1) is 7.56. The van der Waals surface area contributed by atoms with E-state index in [-0.39, 0.29) is 12.2 Å². The number of aromatic nitrogens is 1. The van der Waals surface area contributed by atoms with Gasteiger partial charge in [0.05, 0.1) is 17.6 Å². The fourth-order valence-corrected chi connectivity index (χ4v) is 1.69. The second-order valence-electron chi connectivity index (χ2n) is 3.66. The number of aliphatic carboxylic acids is 1. The lowest BCUT2D eigenvalue weighted by molar-refractivity contribution is -0.136. The van der Waals surface area contributed by atoms with Crippen LogP contribution in [-0.2, 0) is 11.2 Å². The number of hydrogen-bond donors (Lipinski definition) is 1. The van der Waals surface area contributed by atoms with Gasteiger partial charge in [-0.2, -0.15) is 0 Å². The van der Waals surface area contributed by atoms with Gasteiger partial charge in [0.2, 0.25) is 0 Å². The summed E-state index contributed by atoms with van der Waals surface area (Å²) in [7, 11) is 0. The maximum atomic E-state index is 13.0. The summed E-state index contributed by atoms with van der Waals surface area (Å²) in [5.74, 6) is -1.31. The summed E-state index contributed by atoms with van der Waals surface area (Å²) in [5, 5.41) is 9.51. The molecule has 0 saturated heterocycles. The van der Waals surface area contributed by atoms with Crippen LogP contribution in [0.2, 0.25) is 0 Å². The van der Waals surface area contributed by atoms with Crippen LogP contribution in [0.4, 0.5) is 4.39 Å². The Bertz CT molecular complexity index is 566. The summed E-state index contributed by atoms with van der Waals surface area (Å²) in [6, 6.07) is 6.05. The van der Waals surface area contributed by atoms with Crippen molar-refractivity contribution < 1.29 is 14.3 Å². The third-order valence-electron chi connectivity index (χ3n) is 2.36. The van der Waals surface area contributed by atoms with Crippen molar-refractivity contribution in [1.82, 2.24) is 4.98 Å². The zero-order chi connectivity index (χ0) is 11.7. The molecule has 3 nitrogen and oxygen atoms in total. The molecule has 2 aromatic rings. The number of fused-ring (bicyclic) bond motifs is 1. The number of nitrogens with zero attached hydrogens (tertiary/aromatic N) is 1. The molecule has 16 heavy (non-hydrogen) atoms. The van der Waals surface area contributed by atoms with Gasteiger partial charge in [-0.3, -0.25) is 9.78 Å². The highest BCUT2D eigenvalue weighted by atomic mass is 19.1. The normalized spacial score (nSPS) is 10.6. The molecule has 0 amide bonds. The highest BCUT2D eigenvalue weighted by molar-refractivity contribution is 5.83. The Morgan fingerprint density at radius 2 is 2.19 bits per heavy atom. The number of halogens is 1. The fraction of sp³-hybridized carbons (Fsp3) is 0.167. The number of carbonyl (C=O) groups is 1. The minimum atomic E-state index is -0.942. The van der Waals surface area contributed by atoms with Crippen LogP contribution in [0.15, 0.2) is 24.3 Å². The van der Waals surface area contributed by atoms with Gasteiger partial charge in [-0.15, -0.1) is 0 Å². The number of carboxylic acid groups (broad SMARTS) is 1. The molecule has 0 aliphatic carbocycles. The molecule has 0 saturated carbocycles. The number of hydrogen-bond acceptors (Lipinski definition) is 2. The summed E-state index contributed by atoms with van der Waals surface area (Å²) in [4.78, 5) is 14.7. The van der Waals surface area contributed by atoms with E-state index in [1.807, 2.05) is 6.92 Å². The van der Waals surface area contributed by atoms with Crippen LogP contribution < -0.4 is 0 Å². The molecule has 0 spiro atoms. The molecule has 2 rings (SSSR count). The summed E-state index contributed by atoms with van der Waals surface area (Å²) in [6.07, 6.45) is -0.146. The highest BCUT2D eigenvalue weighted by Gasteiger charge is 2.06. The van der Waals surface area contributed by atoms with E-state index < -0.39 is 5.97 Å². The number of carboxylic acids is 1. The Labute approximate surface area is 91.5 Å². The molecule has 0 atom stereocenters. The van der Waals surface area contributed by atoms with E-state index in [2.05, 4.69) is 4.98 Å². The van der Waals surface area contributed by atoms with E-state index in [0.29, 0.717) is 11.2 Å². The molecule has 1 aromatic heterocycles. The minimum Gasteiger partial charge on any atom is -0.481 e. The lowest BCUT2D eigenvalue weighted by atomic mass is 10.1. The molecule has 1 heterocycles. The first kappa shape index (κ1) is 10.5. The van der Waals surface area contributed by atoms with E-state index in [9.17, 15) is 9.18 Å². The first-order valence-corrected chi connectivity index (χ1v) is 4.84. The highest BCUT2D eigenvalue weighted by Crippen LogP contribution is 2.19. The standard InChI is InChI=1S/C12H10FNO2/c1-7-4-9(6-12(15)16)14-11-5-8(13)2-3-10(7)11/h2-5H,6H2,1H3,(H,15,16). The summed E-state index contributed by atoms with van der Waals surface area (Å²) >= 11 is 0. The van der Waals surface area contributed by atoms with Gasteiger partial charge < -0.3 is 5.11 Å². The molecule has 1 aromatic carbocycles. The predicted octanol–water partition coefficient (Wildman–Crippen LogP) is 2.31. The number of aryl methyl sites for hydroxylation is 1. The van der Waals surface area contributed by atoms with Crippen LogP contribution in [0.3, 0.4) is 0 Å². The van der Waals surface area contributed by atoms with Crippen LogP contribution in [0.25, 0.3) is 10.9 Å². The monoisotopic (exact) mass is 219 g/mol. The number of pyridine rings is 1. The molecule has 1 N–H and O–H groups in total. The predicted molar refractivity (Wildman–Crippen MR) is 57.8 cm³/mol. The van der Waals surface area contributed by atoms with E-state index >= 15 is 0 Å². The largest absolute Gasteiger partial charge is 0.481 e. The van der Waals surface area contributed by atoms with Gasteiger partial charge in [-0.25, -0.2) is 4.39 Å². The van der Waals surface area contributed by atoms with Crippen LogP contribution in [0.1, 0.15) is 11.3 Å². The minimum absolute atomic E-state index is 0.146. The van der Waals surface area contributed by atoms with Crippen molar-refractivity contribution >= 4 is 16.9 Å². The lowest BCUT2D eigenvalue weighted by Gasteiger charge is -2.04. The zero-order valence-corrected chi connectivity index (χ0v) is 8.70. The molecular weight excluding hydrogens is 209 g/mol. The van der Waals surface area contributed by atoms with Gasteiger partial charge in [0, 0.05) is 11.5 Å². The van der Waals surface area contributed by atoms with Gasteiger partial charge in [-0.1, -0.05) is 0 Å². The molecule has 4 heteroatoms. The average Bonchev–Trinajstić information content (AvgIpc) is 2.15. The summed E-state index contributed by atoms with van der Waals surface area (Å²) in [6.45, 7) is 1.85. The Morgan fingerprint density at radius 1 is 1.44 bits per heavy atom. The molecular formula is C12H10FNO2. The van der Waals surface area contributed by atoms with Crippen molar-refractivity contribution in [2.45, 2.75) is 13.3 Å². The Hall–Kier alpha value is -1.97. The van der Waals surface area contributed by atoms with Crippen molar-refractivity contribution in [1.29, 1.82) is 0 Å². The van der Waals surface area contributed by atoms with Crippen molar-refractivity contribution in [3.63, 3.8) is 0 Å². The zero-order valence-electron chi connectivity index (χ0n) is 8.70. The SMILES string of the molecule is Cc1cc(CC(=O)O)nc2cc(F)ccc12. The van der Waals surface area contributed by atoms with Gasteiger partial charge in [-0.05, 0) is 30.7 Å². The smallest absolute Gasteiger partial charge is 0.309 e. The third kappa shape index (κ3) is 2.00. The quantitative estimate of drug-likeness (QED) is 0.843. The van der Waals surface area contributed by atoms with Gasteiger partial charge in [0.15, 0.2) is 0 Å². The Kier molecular flexibility index (Phi) is 2.56. The van der Waals surface area contributed by atoms with E-state index in [1.165, 1.54) is 12.1 Å². The molecule has 0 radical (unpaired) electrons. The molecule has 0 aliphatic rings. The van der Waals surface area contributed by atoms with Gasteiger partial charge in [0.25, 0.3) is 0 Å². The second-order valence-corrected chi connectivity index (χ2v) is 3.66. The maximum Gasteiger partial charge on any atom is 0.309 e. The third-order valence-corrected chi connectivity index (χ3v) is 2.36. The fourth-order valence-electron chi connectivity index (χ4n) is 1.69. The molecule has 0 unspecified atom stereocenters. The topological polar surface area (TPSA) is 50.2 Å². The number of benzene rings is 1. The van der Waals surface area contributed by atoms with Crippen LogP contribution in [0.5, 0.6) is 0 Å². The van der Waals surface area contributed by atoms with Crippen LogP contribution in [0, 0.1) is 12.7 Å². The molecule has 0 bridgehead atoms. The summed E-state index contributed by atoms with van der Waals surface area (Å²) < 4.78 is 13.0. The van der Waals surface area contributed by atoms with E-state index in [4.69, 9.17) is 5.11 Å². The van der Waals surface area contributed by atoms with Crippen molar-refractivity contribution in [3.05, 3.63) is 41.3 Å². The van der Waals surface area contributed by atoms with Crippen LogP contribution in [-0.4, -0.2) is 16.1 Å².